The Morgan fingerprint density at radius 1 is 1.06 bits per heavy atom. The first kappa shape index (κ1) is 11.2. The van der Waals surface area contributed by atoms with Gasteiger partial charge in [0.2, 0.25) is 0 Å². The highest BCUT2D eigenvalue weighted by Crippen LogP contribution is 2.30. The SMILES string of the molecule is CC(C)c1cc(Cl)ccc1-c1ccncc1. The fourth-order valence-electron chi connectivity index (χ4n) is 1.81. The van der Waals surface area contributed by atoms with Gasteiger partial charge in [0.1, 0.15) is 0 Å². The van der Waals surface area contributed by atoms with Crippen LogP contribution in [0.4, 0.5) is 0 Å². The molecule has 0 radical (unpaired) electrons. The summed E-state index contributed by atoms with van der Waals surface area (Å²) in [7, 11) is 0. The smallest absolute Gasteiger partial charge is 0.0409 e. The Balaban J connectivity index is 2.57. The van der Waals surface area contributed by atoms with E-state index in [1.165, 1.54) is 16.7 Å². The molecule has 0 saturated carbocycles. The maximum Gasteiger partial charge on any atom is 0.0409 e. The first-order chi connectivity index (χ1) is 7.68. The molecule has 2 aromatic rings. The van der Waals surface area contributed by atoms with Crippen LogP contribution in [0.2, 0.25) is 5.02 Å². The molecule has 1 heterocycles. The molecule has 1 nitrogen and oxygen atoms in total. The Labute approximate surface area is 101 Å². The van der Waals surface area contributed by atoms with Gasteiger partial charge in [0.15, 0.2) is 0 Å². The lowest BCUT2D eigenvalue weighted by atomic mass is 9.93. The van der Waals surface area contributed by atoms with Gasteiger partial charge >= 0.3 is 0 Å². The minimum Gasteiger partial charge on any atom is -0.265 e. The van der Waals surface area contributed by atoms with E-state index in [9.17, 15) is 0 Å². The van der Waals surface area contributed by atoms with Crippen LogP contribution in [-0.4, -0.2) is 4.98 Å². The van der Waals surface area contributed by atoms with Gasteiger partial charge in [-0.15, -0.1) is 0 Å². The summed E-state index contributed by atoms with van der Waals surface area (Å²) in [6, 6.07) is 10.1. The van der Waals surface area contributed by atoms with Crippen molar-refractivity contribution >= 4 is 11.6 Å². The minimum atomic E-state index is 0.460. The fraction of sp³-hybridized carbons (Fsp3) is 0.214. The Morgan fingerprint density at radius 2 is 1.75 bits per heavy atom. The van der Waals surface area contributed by atoms with Crippen LogP contribution in [0.5, 0.6) is 0 Å². The molecule has 82 valence electrons. The monoisotopic (exact) mass is 231 g/mol. The van der Waals surface area contributed by atoms with Crippen molar-refractivity contribution in [1.29, 1.82) is 0 Å². The molecular weight excluding hydrogens is 218 g/mol. The van der Waals surface area contributed by atoms with E-state index < -0.39 is 0 Å². The molecule has 0 atom stereocenters. The van der Waals surface area contributed by atoms with Crippen LogP contribution in [0.15, 0.2) is 42.7 Å². The fourth-order valence-corrected chi connectivity index (χ4v) is 1.99. The molecule has 0 amide bonds. The summed E-state index contributed by atoms with van der Waals surface area (Å²) in [5, 5.41) is 0.793. The van der Waals surface area contributed by atoms with Crippen LogP contribution in [0.25, 0.3) is 11.1 Å². The molecule has 0 spiro atoms. The van der Waals surface area contributed by atoms with Gasteiger partial charge in [0.25, 0.3) is 0 Å². The van der Waals surface area contributed by atoms with Crippen molar-refractivity contribution in [3.8, 4) is 11.1 Å². The lowest BCUT2D eigenvalue weighted by molar-refractivity contribution is 0.869. The van der Waals surface area contributed by atoms with E-state index in [-0.39, 0.29) is 0 Å². The quantitative estimate of drug-likeness (QED) is 0.740. The molecule has 0 aliphatic rings. The molecule has 0 aliphatic heterocycles. The van der Waals surface area contributed by atoms with Crippen LogP contribution in [0.1, 0.15) is 25.3 Å². The second-order valence-electron chi connectivity index (χ2n) is 4.12. The number of halogens is 1. The van der Waals surface area contributed by atoms with E-state index in [1.54, 1.807) is 0 Å². The number of aromatic nitrogens is 1. The van der Waals surface area contributed by atoms with Crippen LogP contribution >= 0.6 is 11.6 Å². The maximum absolute atomic E-state index is 6.04. The summed E-state index contributed by atoms with van der Waals surface area (Å²) in [5.41, 5.74) is 3.70. The molecule has 0 aliphatic carbocycles. The van der Waals surface area contributed by atoms with Gasteiger partial charge in [-0.3, -0.25) is 4.98 Å². The average Bonchev–Trinajstić information content (AvgIpc) is 2.30. The number of pyridine rings is 1. The van der Waals surface area contributed by atoms with E-state index >= 15 is 0 Å². The third-order valence-corrected chi connectivity index (χ3v) is 2.86. The van der Waals surface area contributed by atoms with Gasteiger partial charge in [-0.1, -0.05) is 31.5 Å². The van der Waals surface area contributed by atoms with Gasteiger partial charge in [-0.05, 0) is 46.9 Å². The van der Waals surface area contributed by atoms with Gasteiger partial charge < -0.3 is 0 Å². The third-order valence-electron chi connectivity index (χ3n) is 2.63. The van der Waals surface area contributed by atoms with Crippen LogP contribution in [0, 0.1) is 0 Å². The Bertz CT molecular complexity index is 477. The zero-order valence-corrected chi connectivity index (χ0v) is 10.2. The third kappa shape index (κ3) is 2.25. The van der Waals surface area contributed by atoms with Gasteiger partial charge in [-0.2, -0.15) is 0 Å². The summed E-state index contributed by atoms with van der Waals surface area (Å²) in [6.07, 6.45) is 3.63. The van der Waals surface area contributed by atoms with Gasteiger partial charge in [-0.25, -0.2) is 0 Å². The van der Waals surface area contributed by atoms with Crippen molar-refractivity contribution < 1.29 is 0 Å². The Morgan fingerprint density at radius 3 is 2.38 bits per heavy atom. The molecule has 16 heavy (non-hydrogen) atoms. The highest BCUT2D eigenvalue weighted by Gasteiger charge is 2.08. The zero-order chi connectivity index (χ0) is 11.5. The highest BCUT2D eigenvalue weighted by atomic mass is 35.5. The molecule has 0 N–H and O–H groups in total. The summed E-state index contributed by atoms with van der Waals surface area (Å²) in [4.78, 5) is 4.04. The van der Waals surface area contributed by atoms with E-state index in [0.717, 1.165) is 5.02 Å². The molecule has 0 unspecified atom stereocenters. The molecular formula is C14H14ClN. The average molecular weight is 232 g/mol. The van der Waals surface area contributed by atoms with E-state index in [0.29, 0.717) is 5.92 Å². The van der Waals surface area contributed by atoms with Crippen molar-refractivity contribution in [2.75, 3.05) is 0 Å². The predicted octanol–water partition coefficient (Wildman–Crippen LogP) is 4.53. The van der Waals surface area contributed by atoms with Gasteiger partial charge in [0, 0.05) is 17.4 Å². The first-order valence-corrected chi connectivity index (χ1v) is 5.76. The summed E-state index contributed by atoms with van der Waals surface area (Å²) in [5.74, 6) is 0.460. The molecule has 1 aromatic carbocycles. The summed E-state index contributed by atoms with van der Waals surface area (Å²) >= 11 is 6.04. The van der Waals surface area contributed by atoms with Crippen molar-refractivity contribution in [2.24, 2.45) is 0 Å². The minimum absolute atomic E-state index is 0.460. The summed E-state index contributed by atoms with van der Waals surface area (Å²) in [6.45, 7) is 4.35. The molecule has 1 aromatic heterocycles. The number of hydrogen-bond donors (Lipinski definition) is 0. The standard InChI is InChI=1S/C14H14ClN/c1-10(2)14-9-12(15)3-4-13(14)11-5-7-16-8-6-11/h3-10H,1-2H3. The van der Waals surface area contributed by atoms with E-state index in [1.807, 2.05) is 36.7 Å². The zero-order valence-electron chi connectivity index (χ0n) is 9.44. The second-order valence-corrected chi connectivity index (χ2v) is 4.56. The number of nitrogens with zero attached hydrogens (tertiary/aromatic N) is 1. The van der Waals surface area contributed by atoms with Crippen molar-refractivity contribution in [3.63, 3.8) is 0 Å². The molecule has 0 saturated heterocycles. The lowest BCUT2D eigenvalue weighted by Crippen LogP contribution is -1.92. The van der Waals surface area contributed by atoms with E-state index in [2.05, 4.69) is 24.9 Å². The Kier molecular flexibility index (Phi) is 3.25. The number of rotatable bonds is 2. The topological polar surface area (TPSA) is 12.9 Å². The van der Waals surface area contributed by atoms with E-state index in [4.69, 9.17) is 11.6 Å². The van der Waals surface area contributed by atoms with Crippen molar-refractivity contribution in [1.82, 2.24) is 4.98 Å². The Hall–Kier alpha value is -1.34. The number of hydrogen-bond acceptors (Lipinski definition) is 1. The van der Waals surface area contributed by atoms with Crippen LogP contribution in [0.3, 0.4) is 0 Å². The van der Waals surface area contributed by atoms with Crippen LogP contribution < -0.4 is 0 Å². The maximum atomic E-state index is 6.04. The largest absolute Gasteiger partial charge is 0.265 e. The normalized spacial score (nSPS) is 10.8. The molecule has 2 rings (SSSR count). The molecule has 2 heteroatoms. The van der Waals surface area contributed by atoms with Crippen LogP contribution in [-0.2, 0) is 0 Å². The number of benzene rings is 1. The highest BCUT2D eigenvalue weighted by molar-refractivity contribution is 6.30. The predicted molar refractivity (Wildman–Crippen MR) is 68.8 cm³/mol. The molecule has 0 bridgehead atoms. The lowest BCUT2D eigenvalue weighted by Gasteiger charge is -2.13. The molecule has 0 fully saturated rings. The second kappa shape index (κ2) is 4.67. The van der Waals surface area contributed by atoms with Crippen molar-refractivity contribution in [3.05, 3.63) is 53.3 Å². The first-order valence-electron chi connectivity index (χ1n) is 5.38. The summed E-state index contributed by atoms with van der Waals surface area (Å²) < 4.78 is 0. The van der Waals surface area contributed by atoms with Gasteiger partial charge in [0.05, 0.1) is 0 Å². The van der Waals surface area contributed by atoms with Crippen molar-refractivity contribution in [2.45, 2.75) is 19.8 Å².